The maximum absolute atomic E-state index is 9.10. The second kappa shape index (κ2) is 6.19. The Morgan fingerprint density at radius 2 is 2.19 bits per heavy atom. The van der Waals surface area contributed by atoms with Crippen LogP contribution < -0.4 is 15.8 Å². The van der Waals surface area contributed by atoms with Gasteiger partial charge in [0.25, 0.3) is 0 Å². The number of hydrogen-bond acceptors (Lipinski definition) is 5. The molecule has 0 saturated heterocycles. The number of nitrogen functional groups attached to an aromatic ring is 1. The standard InChI is InChI=1S/C11H18N2O3/c1-15-7-8(6-14)13-11-4-3-9(16-2)5-10(11)12/h3-5,8,13-14H,6-7,12H2,1-2H3. The van der Waals surface area contributed by atoms with E-state index in [1.807, 2.05) is 6.07 Å². The van der Waals surface area contributed by atoms with E-state index >= 15 is 0 Å². The minimum Gasteiger partial charge on any atom is -0.497 e. The fraction of sp³-hybridized carbons (Fsp3) is 0.455. The van der Waals surface area contributed by atoms with Crippen LogP contribution in [0.3, 0.4) is 0 Å². The van der Waals surface area contributed by atoms with Crippen molar-refractivity contribution in [1.29, 1.82) is 0 Å². The zero-order valence-corrected chi connectivity index (χ0v) is 9.56. The minimum atomic E-state index is -0.166. The Bertz CT molecular complexity index is 331. The molecule has 0 spiro atoms. The lowest BCUT2D eigenvalue weighted by molar-refractivity contribution is 0.153. The number of aliphatic hydroxyl groups excluding tert-OH is 1. The van der Waals surface area contributed by atoms with Crippen molar-refractivity contribution >= 4 is 11.4 Å². The van der Waals surface area contributed by atoms with Crippen LogP contribution in [-0.4, -0.2) is 38.6 Å². The zero-order valence-electron chi connectivity index (χ0n) is 9.56. The zero-order chi connectivity index (χ0) is 12.0. The molecule has 0 amide bonds. The first kappa shape index (κ1) is 12.6. The van der Waals surface area contributed by atoms with Gasteiger partial charge in [-0.1, -0.05) is 0 Å². The van der Waals surface area contributed by atoms with Crippen LogP contribution in [0.15, 0.2) is 18.2 Å². The molecule has 5 heteroatoms. The summed E-state index contributed by atoms with van der Waals surface area (Å²) in [6, 6.07) is 5.18. The minimum absolute atomic E-state index is 0.0146. The molecule has 0 fully saturated rings. The summed E-state index contributed by atoms with van der Waals surface area (Å²) in [4.78, 5) is 0. The number of nitrogens with one attached hydrogen (secondary N) is 1. The van der Waals surface area contributed by atoms with E-state index in [0.29, 0.717) is 18.0 Å². The summed E-state index contributed by atoms with van der Waals surface area (Å²) in [6.07, 6.45) is 0. The topological polar surface area (TPSA) is 76.7 Å². The van der Waals surface area contributed by atoms with E-state index in [1.165, 1.54) is 0 Å². The number of nitrogens with two attached hydrogens (primary N) is 1. The predicted molar refractivity (Wildman–Crippen MR) is 63.8 cm³/mol. The van der Waals surface area contributed by atoms with Crippen molar-refractivity contribution in [3.8, 4) is 5.75 Å². The van der Waals surface area contributed by atoms with Gasteiger partial charge in [0.2, 0.25) is 0 Å². The second-order valence-electron chi connectivity index (χ2n) is 3.43. The van der Waals surface area contributed by atoms with Gasteiger partial charge in [-0.3, -0.25) is 0 Å². The molecule has 16 heavy (non-hydrogen) atoms. The summed E-state index contributed by atoms with van der Waals surface area (Å²) in [5.41, 5.74) is 7.17. The summed E-state index contributed by atoms with van der Waals surface area (Å²) in [7, 11) is 3.17. The van der Waals surface area contributed by atoms with E-state index in [2.05, 4.69) is 5.32 Å². The molecule has 0 aromatic heterocycles. The normalized spacial score (nSPS) is 12.2. The van der Waals surface area contributed by atoms with E-state index in [9.17, 15) is 0 Å². The molecule has 1 rings (SSSR count). The van der Waals surface area contributed by atoms with Crippen LogP contribution in [0.1, 0.15) is 0 Å². The molecule has 0 heterocycles. The third kappa shape index (κ3) is 3.29. The number of hydrogen-bond donors (Lipinski definition) is 3. The third-order valence-corrected chi connectivity index (χ3v) is 2.21. The summed E-state index contributed by atoms with van der Waals surface area (Å²) in [5, 5.41) is 12.2. The number of methoxy groups -OCH3 is 2. The van der Waals surface area contributed by atoms with Crippen LogP contribution in [0.5, 0.6) is 5.75 Å². The molecular weight excluding hydrogens is 208 g/mol. The highest BCUT2D eigenvalue weighted by Crippen LogP contribution is 2.24. The van der Waals surface area contributed by atoms with E-state index in [-0.39, 0.29) is 12.6 Å². The van der Waals surface area contributed by atoms with Crippen molar-refractivity contribution in [3.05, 3.63) is 18.2 Å². The Morgan fingerprint density at radius 3 is 2.69 bits per heavy atom. The summed E-state index contributed by atoms with van der Waals surface area (Å²) in [5.74, 6) is 0.704. The van der Waals surface area contributed by atoms with Gasteiger partial charge in [-0.15, -0.1) is 0 Å². The molecule has 1 unspecified atom stereocenters. The lowest BCUT2D eigenvalue weighted by Gasteiger charge is -2.18. The van der Waals surface area contributed by atoms with Crippen LogP contribution in [-0.2, 0) is 4.74 Å². The second-order valence-corrected chi connectivity index (χ2v) is 3.43. The van der Waals surface area contributed by atoms with Crippen molar-refractivity contribution in [2.45, 2.75) is 6.04 Å². The van der Waals surface area contributed by atoms with E-state index < -0.39 is 0 Å². The molecule has 0 radical (unpaired) electrons. The number of ether oxygens (including phenoxy) is 2. The smallest absolute Gasteiger partial charge is 0.121 e. The maximum atomic E-state index is 9.10. The molecule has 1 atom stereocenters. The highest BCUT2D eigenvalue weighted by Gasteiger charge is 2.08. The third-order valence-electron chi connectivity index (χ3n) is 2.21. The van der Waals surface area contributed by atoms with E-state index in [4.69, 9.17) is 20.3 Å². The molecule has 1 aromatic rings. The lowest BCUT2D eigenvalue weighted by Crippen LogP contribution is -2.29. The number of rotatable bonds is 6. The first-order chi connectivity index (χ1) is 7.71. The van der Waals surface area contributed by atoms with Crippen LogP contribution in [0.2, 0.25) is 0 Å². The van der Waals surface area contributed by atoms with Crippen molar-refractivity contribution in [3.63, 3.8) is 0 Å². The van der Waals surface area contributed by atoms with Crippen molar-refractivity contribution < 1.29 is 14.6 Å². The van der Waals surface area contributed by atoms with Crippen molar-refractivity contribution in [2.24, 2.45) is 0 Å². The Labute approximate surface area is 95.2 Å². The van der Waals surface area contributed by atoms with Gasteiger partial charge in [0.05, 0.1) is 37.7 Å². The molecule has 0 aliphatic rings. The molecule has 0 aliphatic carbocycles. The summed E-state index contributed by atoms with van der Waals surface area (Å²) >= 11 is 0. The van der Waals surface area contributed by atoms with Gasteiger partial charge < -0.3 is 25.6 Å². The Morgan fingerprint density at radius 1 is 1.44 bits per heavy atom. The summed E-state index contributed by atoms with van der Waals surface area (Å²) < 4.78 is 10.0. The highest BCUT2D eigenvalue weighted by molar-refractivity contribution is 5.68. The van der Waals surface area contributed by atoms with Gasteiger partial charge in [-0.25, -0.2) is 0 Å². The van der Waals surface area contributed by atoms with Crippen LogP contribution in [0.4, 0.5) is 11.4 Å². The Balaban J connectivity index is 2.72. The Kier molecular flexibility index (Phi) is 4.88. The SMILES string of the molecule is COCC(CO)Nc1ccc(OC)cc1N. The molecule has 4 N–H and O–H groups in total. The van der Waals surface area contributed by atoms with Gasteiger partial charge in [-0.2, -0.15) is 0 Å². The van der Waals surface area contributed by atoms with Gasteiger partial charge in [0.15, 0.2) is 0 Å². The molecule has 90 valence electrons. The average molecular weight is 226 g/mol. The lowest BCUT2D eigenvalue weighted by atomic mass is 10.2. The number of anilines is 2. The van der Waals surface area contributed by atoms with Crippen molar-refractivity contribution in [2.75, 3.05) is 38.5 Å². The van der Waals surface area contributed by atoms with Crippen LogP contribution in [0, 0.1) is 0 Å². The predicted octanol–water partition coefficient (Wildman–Crippen LogP) is 0.697. The highest BCUT2D eigenvalue weighted by atomic mass is 16.5. The van der Waals surface area contributed by atoms with Gasteiger partial charge in [0.1, 0.15) is 5.75 Å². The molecular formula is C11H18N2O3. The van der Waals surface area contributed by atoms with Crippen molar-refractivity contribution in [1.82, 2.24) is 0 Å². The monoisotopic (exact) mass is 226 g/mol. The fourth-order valence-electron chi connectivity index (χ4n) is 1.36. The summed E-state index contributed by atoms with van der Waals surface area (Å²) in [6.45, 7) is 0.404. The largest absolute Gasteiger partial charge is 0.497 e. The molecule has 0 saturated carbocycles. The molecule has 5 nitrogen and oxygen atoms in total. The fourth-order valence-corrected chi connectivity index (χ4v) is 1.36. The first-order valence-corrected chi connectivity index (χ1v) is 5.01. The van der Waals surface area contributed by atoms with Gasteiger partial charge in [0, 0.05) is 13.2 Å². The van der Waals surface area contributed by atoms with Gasteiger partial charge >= 0.3 is 0 Å². The van der Waals surface area contributed by atoms with Gasteiger partial charge in [-0.05, 0) is 12.1 Å². The van der Waals surface area contributed by atoms with E-state index in [1.54, 1.807) is 26.4 Å². The number of benzene rings is 1. The average Bonchev–Trinajstić information content (AvgIpc) is 2.30. The van der Waals surface area contributed by atoms with Crippen LogP contribution in [0.25, 0.3) is 0 Å². The van der Waals surface area contributed by atoms with Crippen LogP contribution >= 0.6 is 0 Å². The maximum Gasteiger partial charge on any atom is 0.121 e. The van der Waals surface area contributed by atoms with E-state index in [0.717, 1.165) is 5.69 Å². The first-order valence-electron chi connectivity index (χ1n) is 5.01. The molecule has 0 bridgehead atoms. The molecule has 1 aromatic carbocycles. The molecule has 0 aliphatic heterocycles. The number of aliphatic hydroxyl groups is 1. The Hall–Kier alpha value is -1.46. The quantitative estimate of drug-likeness (QED) is 0.622.